The van der Waals surface area contributed by atoms with E-state index in [2.05, 4.69) is 5.10 Å². The van der Waals surface area contributed by atoms with Gasteiger partial charge in [-0.25, -0.2) is 9.48 Å². The summed E-state index contributed by atoms with van der Waals surface area (Å²) in [7, 11) is 3.07. The second-order valence-electron chi connectivity index (χ2n) is 6.36. The van der Waals surface area contributed by atoms with Crippen molar-refractivity contribution in [3.63, 3.8) is 0 Å². The van der Waals surface area contributed by atoms with E-state index in [0.717, 1.165) is 16.9 Å². The van der Waals surface area contributed by atoms with E-state index in [9.17, 15) is 9.90 Å². The van der Waals surface area contributed by atoms with Crippen LogP contribution in [0.4, 0.5) is 0 Å². The molecule has 2 aromatic carbocycles. The number of aromatic nitrogens is 2. The van der Waals surface area contributed by atoms with Crippen molar-refractivity contribution >= 4 is 17.6 Å². The van der Waals surface area contributed by atoms with Crippen LogP contribution in [0.2, 0.25) is 0 Å². The number of carbonyl (C=O) groups is 1. The van der Waals surface area contributed by atoms with E-state index in [1.54, 1.807) is 42.1 Å². The van der Waals surface area contributed by atoms with Crippen molar-refractivity contribution in [1.82, 2.24) is 9.78 Å². The SMILES string of the molecule is COc1cccc(C=C(C(=O)O)c2cc(C)nn2-c2ccc(C)cc2)c1OC. The summed E-state index contributed by atoms with van der Waals surface area (Å²) in [4.78, 5) is 12.1. The van der Waals surface area contributed by atoms with E-state index in [1.165, 1.54) is 7.11 Å². The number of carboxylic acids is 1. The summed E-state index contributed by atoms with van der Waals surface area (Å²) in [5, 5.41) is 14.4. The predicted molar refractivity (Wildman–Crippen MR) is 108 cm³/mol. The number of benzene rings is 2. The summed E-state index contributed by atoms with van der Waals surface area (Å²) in [6.45, 7) is 3.83. The Labute approximate surface area is 163 Å². The Morgan fingerprint density at radius 2 is 1.79 bits per heavy atom. The fourth-order valence-electron chi connectivity index (χ4n) is 3.00. The first kappa shape index (κ1) is 19.2. The lowest BCUT2D eigenvalue weighted by molar-refractivity contribution is -0.130. The molecule has 6 nitrogen and oxygen atoms in total. The molecule has 0 radical (unpaired) electrons. The molecule has 0 saturated carbocycles. The maximum atomic E-state index is 12.1. The number of para-hydroxylation sites is 1. The molecule has 0 saturated heterocycles. The minimum absolute atomic E-state index is 0.104. The Hall–Kier alpha value is -3.54. The van der Waals surface area contributed by atoms with Gasteiger partial charge in [-0.2, -0.15) is 5.10 Å². The van der Waals surface area contributed by atoms with Crippen molar-refractivity contribution < 1.29 is 19.4 Å². The van der Waals surface area contributed by atoms with E-state index < -0.39 is 5.97 Å². The second-order valence-corrected chi connectivity index (χ2v) is 6.36. The monoisotopic (exact) mass is 378 g/mol. The highest BCUT2D eigenvalue weighted by Gasteiger charge is 2.19. The lowest BCUT2D eigenvalue weighted by atomic mass is 10.1. The quantitative estimate of drug-likeness (QED) is 0.653. The molecule has 0 atom stereocenters. The minimum Gasteiger partial charge on any atom is -0.493 e. The molecular formula is C22H22N2O4. The molecule has 1 heterocycles. The Kier molecular flexibility index (Phi) is 5.49. The Bertz CT molecular complexity index is 1030. The van der Waals surface area contributed by atoms with Crippen LogP contribution in [0.1, 0.15) is 22.5 Å². The van der Waals surface area contributed by atoms with Gasteiger partial charge in [0, 0.05) is 5.56 Å². The van der Waals surface area contributed by atoms with Crippen LogP contribution in [0, 0.1) is 13.8 Å². The normalized spacial score (nSPS) is 11.4. The van der Waals surface area contributed by atoms with Gasteiger partial charge in [-0.1, -0.05) is 29.8 Å². The Morgan fingerprint density at radius 3 is 2.39 bits per heavy atom. The summed E-state index contributed by atoms with van der Waals surface area (Å²) in [6, 6.07) is 14.8. The van der Waals surface area contributed by atoms with Crippen LogP contribution in [0.25, 0.3) is 17.3 Å². The van der Waals surface area contributed by atoms with Gasteiger partial charge in [-0.05, 0) is 44.2 Å². The molecule has 3 aromatic rings. The molecule has 1 N–H and O–H groups in total. The highest BCUT2D eigenvalue weighted by atomic mass is 16.5. The third-order valence-corrected chi connectivity index (χ3v) is 4.35. The van der Waals surface area contributed by atoms with Crippen molar-refractivity contribution in [3.05, 3.63) is 71.0 Å². The molecule has 0 aliphatic heterocycles. The van der Waals surface area contributed by atoms with Crippen LogP contribution in [0.3, 0.4) is 0 Å². The summed E-state index contributed by atoms with van der Waals surface area (Å²) in [5.41, 5.74) is 3.82. The predicted octanol–water partition coefficient (Wildman–Crippen LogP) is 4.13. The number of ether oxygens (including phenoxy) is 2. The molecule has 0 unspecified atom stereocenters. The number of nitrogens with zero attached hydrogens (tertiary/aromatic N) is 2. The van der Waals surface area contributed by atoms with Gasteiger partial charge in [0.05, 0.1) is 36.9 Å². The van der Waals surface area contributed by atoms with E-state index in [-0.39, 0.29) is 5.57 Å². The lowest BCUT2D eigenvalue weighted by Crippen LogP contribution is -2.07. The molecule has 144 valence electrons. The van der Waals surface area contributed by atoms with E-state index in [4.69, 9.17) is 9.47 Å². The Morgan fingerprint density at radius 1 is 1.07 bits per heavy atom. The third kappa shape index (κ3) is 3.76. The van der Waals surface area contributed by atoms with Crippen LogP contribution in [0.15, 0.2) is 48.5 Å². The molecule has 0 amide bonds. The molecule has 28 heavy (non-hydrogen) atoms. The highest BCUT2D eigenvalue weighted by Crippen LogP contribution is 2.34. The molecule has 0 aliphatic rings. The molecule has 6 heteroatoms. The molecule has 1 aromatic heterocycles. The summed E-state index contributed by atoms with van der Waals surface area (Å²) >= 11 is 0. The maximum Gasteiger partial charge on any atom is 0.337 e. The molecule has 3 rings (SSSR count). The Balaban J connectivity index is 2.19. The maximum absolute atomic E-state index is 12.1. The number of rotatable bonds is 6. The van der Waals surface area contributed by atoms with Gasteiger partial charge in [0.1, 0.15) is 0 Å². The second kappa shape index (κ2) is 8.00. The molecule has 0 aliphatic carbocycles. The third-order valence-electron chi connectivity index (χ3n) is 4.35. The first-order valence-electron chi connectivity index (χ1n) is 8.74. The first-order valence-corrected chi connectivity index (χ1v) is 8.74. The van der Waals surface area contributed by atoms with Gasteiger partial charge in [-0.15, -0.1) is 0 Å². The van der Waals surface area contributed by atoms with Crippen molar-refractivity contribution in [1.29, 1.82) is 0 Å². The fourth-order valence-corrected chi connectivity index (χ4v) is 3.00. The molecular weight excluding hydrogens is 356 g/mol. The van der Waals surface area contributed by atoms with Crippen molar-refractivity contribution in [2.45, 2.75) is 13.8 Å². The summed E-state index contributed by atoms with van der Waals surface area (Å²) in [6.07, 6.45) is 1.57. The number of aryl methyl sites for hydroxylation is 2. The molecule has 0 fully saturated rings. The lowest BCUT2D eigenvalue weighted by Gasteiger charge is -2.12. The van der Waals surface area contributed by atoms with Gasteiger partial charge >= 0.3 is 5.97 Å². The van der Waals surface area contributed by atoms with Crippen molar-refractivity contribution in [3.8, 4) is 17.2 Å². The fraction of sp³-hybridized carbons (Fsp3) is 0.182. The standard InChI is InChI=1S/C22H22N2O4/c1-14-8-10-17(11-9-14)24-19(12-15(2)23-24)18(22(25)26)13-16-6-5-7-20(27-3)21(16)28-4/h5-13H,1-4H3,(H,25,26). The zero-order valence-electron chi connectivity index (χ0n) is 16.3. The van der Waals surface area contributed by atoms with Gasteiger partial charge in [-0.3, -0.25) is 0 Å². The largest absolute Gasteiger partial charge is 0.493 e. The van der Waals surface area contributed by atoms with Gasteiger partial charge < -0.3 is 14.6 Å². The number of hydrogen-bond acceptors (Lipinski definition) is 4. The van der Waals surface area contributed by atoms with Crippen LogP contribution in [-0.4, -0.2) is 35.1 Å². The smallest absolute Gasteiger partial charge is 0.337 e. The zero-order valence-corrected chi connectivity index (χ0v) is 16.3. The van der Waals surface area contributed by atoms with E-state index in [0.29, 0.717) is 22.8 Å². The van der Waals surface area contributed by atoms with E-state index in [1.807, 2.05) is 38.1 Å². The molecule has 0 spiro atoms. The zero-order chi connectivity index (χ0) is 20.3. The average molecular weight is 378 g/mol. The average Bonchev–Trinajstić information content (AvgIpc) is 3.07. The van der Waals surface area contributed by atoms with Crippen LogP contribution < -0.4 is 9.47 Å². The summed E-state index contributed by atoms with van der Waals surface area (Å²) < 4.78 is 12.4. The minimum atomic E-state index is -1.06. The van der Waals surface area contributed by atoms with Crippen molar-refractivity contribution in [2.75, 3.05) is 14.2 Å². The topological polar surface area (TPSA) is 73.6 Å². The highest BCUT2D eigenvalue weighted by molar-refractivity contribution is 6.20. The number of carboxylic acid groups (broad SMARTS) is 1. The number of methoxy groups -OCH3 is 2. The molecule has 0 bridgehead atoms. The van der Waals surface area contributed by atoms with E-state index >= 15 is 0 Å². The number of aliphatic carboxylic acids is 1. The van der Waals surface area contributed by atoms with Gasteiger partial charge in [0.2, 0.25) is 0 Å². The number of hydrogen-bond donors (Lipinski definition) is 1. The van der Waals surface area contributed by atoms with Gasteiger partial charge in [0.25, 0.3) is 0 Å². The van der Waals surface area contributed by atoms with Crippen LogP contribution >= 0.6 is 0 Å². The summed E-state index contributed by atoms with van der Waals surface area (Å²) in [5.74, 6) is -0.0516. The van der Waals surface area contributed by atoms with Crippen LogP contribution in [0.5, 0.6) is 11.5 Å². The van der Waals surface area contributed by atoms with Crippen LogP contribution in [-0.2, 0) is 4.79 Å². The van der Waals surface area contributed by atoms with Gasteiger partial charge in [0.15, 0.2) is 11.5 Å². The first-order chi connectivity index (χ1) is 13.4. The van der Waals surface area contributed by atoms with Crippen molar-refractivity contribution in [2.24, 2.45) is 0 Å².